The number of rotatable bonds is 2. The van der Waals surface area contributed by atoms with E-state index in [1.165, 1.54) is 0 Å². The van der Waals surface area contributed by atoms with E-state index in [0.717, 1.165) is 6.92 Å². The standard InChI is InChI=1S/C8H14FNO6/c1-3(12)10-7-6(14)5(13)4(2-11)16-8(7,9)15/h4-7,11,13-15H,2H2,1H3,(H,10,12)/t4-,5-,6+,7-,8?/m1/s1. The van der Waals surface area contributed by atoms with E-state index in [0.29, 0.717) is 0 Å². The van der Waals surface area contributed by atoms with Gasteiger partial charge in [0.2, 0.25) is 5.91 Å². The number of aliphatic hydroxyl groups is 4. The molecule has 7 nitrogen and oxygen atoms in total. The summed E-state index contributed by atoms with van der Waals surface area (Å²) in [4.78, 5) is 10.7. The lowest BCUT2D eigenvalue weighted by molar-refractivity contribution is -0.376. The molecule has 0 spiro atoms. The monoisotopic (exact) mass is 239 g/mol. The molecule has 8 heteroatoms. The molecule has 1 aliphatic heterocycles. The summed E-state index contributed by atoms with van der Waals surface area (Å²) in [6.45, 7) is 0.268. The lowest BCUT2D eigenvalue weighted by Crippen LogP contribution is -2.68. The van der Waals surface area contributed by atoms with Gasteiger partial charge < -0.3 is 30.5 Å². The summed E-state index contributed by atoms with van der Waals surface area (Å²) >= 11 is 0. The van der Waals surface area contributed by atoms with Crippen LogP contribution in [0, 0.1) is 0 Å². The maximum absolute atomic E-state index is 13.5. The van der Waals surface area contributed by atoms with E-state index >= 15 is 0 Å². The van der Waals surface area contributed by atoms with Gasteiger partial charge in [0.05, 0.1) is 6.61 Å². The summed E-state index contributed by atoms with van der Waals surface area (Å²) in [5.74, 6) is -0.710. The first kappa shape index (κ1) is 13.3. The molecule has 0 saturated carbocycles. The number of amides is 1. The zero-order valence-electron chi connectivity index (χ0n) is 8.50. The van der Waals surface area contributed by atoms with Gasteiger partial charge in [0.1, 0.15) is 24.4 Å². The summed E-state index contributed by atoms with van der Waals surface area (Å²) in [6.07, 6.45) is -4.86. The number of hydrogen-bond acceptors (Lipinski definition) is 6. The van der Waals surface area contributed by atoms with Crippen molar-refractivity contribution in [3.05, 3.63) is 0 Å². The van der Waals surface area contributed by atoms with E-state index in [4.69, 9.17) is 5.11 Å². The quantitative estimate of drug-likeness (QED) is 0.355. The SMILES string of the molecule is CC(=O)N[C@@H]1[C@@H](O)[C@H](O)[C@@H](CO)OC1(O)F. The van der Waals surface area contributed by atoms with Crippen LogP contribution in [0.1, 0.15) is 6.92 Å². The van der Waals surface area contributed by atoms with Crippen molar-refractivity contribution in [2.45, 2.75) is 37.3 Å². The highest BCUT2D eigenvalue weighted by molar-refractivity contribution is 5.73. The molecule has 0 radical (unpaired) electrons. The largest absolute Gasteiger partial charge is 0.394 e. The lowest BCUT2D eigenvalue weighted by atomic mass is 9.96. The van der Waals surface area contributed by atoms with Crippen LogP contribution in [0.15, 0.2) is 0 Å². The van der Waals surface area contributed by atoms with Crippen molar-refractivity contribution in [1.29, 1.82) is 0 Å². The predicted octanol–water partition coefficient (Wildman–Crippen LogP) is -2.78. The van der Waals surface area contributed by atoms with Crippen LogP contribution >= 0.6 is 0 Å². The van der Waals surface area contributed by atoms with E-state index < -0.39 is 42.9 Å². The molecule has 1 rings (SSSR count). The Morgan fingerprint density at radius 3 is 2.50 bits per heavy atom. The number of hydrogen-bond donors (Lipinski definition) is 5. The maximum Gasteiger partial charge on any atom is 0.341 e. The van der Waals surface area contributed by atoms with E-state index in [2.05, 4.69) is 4.74 Å². The molecule has 94 valence electrons. The minimum atomic E-state index is -3.35. The second kappa shape index (κ2) is 4.60. The Hall–Kier alpha value is -0.800. The van der Waals surface area contributed by atoms with Gasteiger partial charge in [-0.3, -0.25) is 4.79 Å². The molecule has 1 heterocycles. The molecule has 1 aliphatic rings. The van der Waals surface area contributed by atoms with Crippen LogP contribution < -0.4 is 5.32 Å². The highest BCUT2D eigenvalue weighted by Crippen LogP contribution is 2.29. The molecule has 0 aromatic carbocycles. The van der Waals surface area contributed by atoms with Crippen molar-refractivity contribution < 1.29 is 34.3 Å². The van der Waals surface area contributed by atoms with Gasteiger partial charge in [-0.15, -0.1) is 0 Å². The van der Waals surface area contributed by atoms with Gasteiger partial charge in [-0.25, -0.2) is 0 Å². The van der Waals surface area contributed by atoms with E-state index in [9.17, 15) is 24.5 Å². The fourth-order valence-corrected chi connectivity index (χ4v) is 1.52. The Morgan fingerprint density at radius 2 is 2.06 bits per heavy atom. The van der Waals surface area contributed by atoms with Gasteiger partial charge in [0, 0.05) is 6.92 Å². The van der Waals surface area contributed by atoms with Crippen molar-refractivity contribution in [2.75, 3.05) is 6.61 Å². The normalized spacial score (nSPS) is 44.1. The summed E-state index contributed by atoms with van der Waals surface area (Å²) < 4.78 is 17.8. The number of carbonyl (C=O) groups is 1. The number of halogens is 1. The number of ether oxygens (including phenoxy) is 1. The first-order valence-corrected chi connectivity index (χ1v) is 4.62. The number of aliphatic hydroxyl groups excluding tert-OH is 3. The van der Waals surface area contributed by atoms with Crippen LogP contribution in [0.25, 0.3) is 0 Å². The van der Waals surface area contributed by atoms with Crippen molar-refractivity contribution >= 4 is 5.91 Å². The third kappa shape index (κ3) is 2.47. The van der Waals surface area contributed by atoms with Gasteiger partial charge in [0.15, 0.2) is 0 Å². The van der Waals surface area contributed by atoms with Crippen LogP contribution in [0.3, 0.4) is 0 Å². The second-order valence-electron chi connectivity index (χ2n) is 3.61. The number of nitrogens with one attached hydrogen (secondary N) is 1. The molecule has 0 aromatic rings. The van der Waals surface area contributed by atoms with Crippen LogP contribution in [0.4, 0.5) is 4.39 Å². The highest BCUT2D eigenvalue weighted by Gasteiger charge is 2.54. The summed E-state index contributed by atoms with van der Waals surface area (Å²) in [5.41, 5.74) is 0. The molecule has 0 bridgehead atoms. The Bertz CT molecular complexity index is 273. The van der Waals surface area contributed by atoms with Crippen molar-refractivity contribution in [3.8, 4) is 0 Å². The number of carbonyl (C=O) groups excluding carboxylic acids is 1. The smallest absolute Gasteiger partial charge is 0.341 e. The van der Waals surface area contributed by atoms with Crippen molar-refractivity contribution in [3.63, 3.8) is 0 Å². The van der Waals surface area contributed by atoms with Crippen LogP contribution in [-0.2, 0) is 9.53 Å². The molecule has 1 saturated heterocycles. The Morgan fingerprint density at radius 1 is 1.50 bits per heavy atom. The van der Waals surface area contributed by atoms with Gasteiger partial charge in [-0.2, -0.15) is 4.39 Å². The highest BCUT2D eigenvalue weighted by atomic mass is 19.2. The average Bonchev–Trinajstić information content (AvgIpc) is 2.18. The molecular weight excluding hydrogens is 225 g/mol. The molecule has 1 fully saturated rings. The average molecular weight is 239 g/mol. The fraction of sp³-hybridized carbons (Fsp3) is 0.875. The third-order valence-electron chi connectivity index (χ3n) is 2.31. The Balaban J connectivity index is 2.87. The molecule has 16 heavy (non-hydrogen) atoms. The zero-order valence-corrected chi connectivity index (χ0v) is 8.50. The van der Waals surface area contributed by atoms with Gasteiger partial charge >= 0.3 is 6.04 Å². The predicted molar refractivity (Wildman–Crippen MR) is 47.6 cm³/mol. The molecule has 1 amide bonds. The summed E-state index contributed by atoms with van der Waals surface area (Å²) in [5, 5.41) is 38.7. The van der Waals surface area contributed by atoms with Gasteiger partial charge in [-0.05, 0) is 0 Å². The van der Waals surface area contributed by atoms with E-state index in [1.54, 1.807) is 0 Å². The van der Waals surface area contributed by atoms with Crippen molar-refractivity contribution in [2.24, 2.45) is 0 Å². The molecule has 0 aromatic heterocycles. The first-order valence-electron chi connectivity index (χ1n) is 4.62. The topological polar surface area (TPSA) is 119 Å². The summed E-state index contributed by atoms with van der Waals surface area (Å²) in [6, 6.07) is -5.17. The third-order valence-corrected chi connectivity index (χ3v) is 2.31. The minimum absolute atomic E-state index is 0.710. The fourth-order valence-electron chi connectivity index (χ4n) is 1.52. The van der Waals surface area contributed by atoms with E-state index in [1.807, 2.05) is 5.32 Å². The zero-order chi connectivity index (χ0) is 12.5. The van der Waals surface area contributed by atoms with Crippen molar-refractivity contribution in [1.82, 2.24) is 5.32 Å². The minimum Gasteiger partial charge on any atom is -0.394 e. The molecule has 0 aliphatic carbocycles. The van der Waals surface area contributed by atoms with Crippen LogP contribution in [0.5, 0.6) is 0 Å². The lowest BCUT2D eigenvalue weighted by Gasteiger charge is -2.42. The molecule has 5 atom stereocenters. The molecule has 1 unspecified atom stereocenters. The van der Waals surface area contributed by atoms with Gasteiger partial charge in [0.25, 0.3) is 0 Å². The second-order valence-corrected chi connectivity index (χ2v) is 3.61. The van der Waals surface area contributed by atoms with Crippen LogP contribution in [0.2, 0.25) is 0 Å². The van der Waals surface area contributed by atoms with Gasteiger partial charge in [-0.1, -0.05) is 0 Å². The van der Waals surface area contributed by atoms with Crippen LogP contribution in [-0.4, -0.2) is 63.3 Å². The first-order chi connectivity index (χ1) is 7.29. The summed E-state index contributed by atoms with van der Waals surface area (Å²) in [7, 11) is 0. The maximum atomic E-state index is 13.5. The molecule has 5 N–H and O–H groups in total. The Kier molecular flexibility index (Phi) is 3.81. The molecular formula is C8H14FNO6. The Labute approximate surface area is 90.5 Å². The van der Waals surface area contributed by atoms with E-state index in [-0.39, 0.29) is 0 Å². The number of alkyl halides is 1.